The number of carbonyl (C=O) groups excluding carboxylic acids is 1. The molecule has 50 heavy (non-hydrogen) atoms. The molecule has 2 aliphatic rings. The number of pyridine rings is 1. The van der Waals surface area contributed by atoms with Crippen LogP contribution in [0.2, 0.25) is 0 Å². The minimum Gasteiger partial charge on any atom is -0.484 e. The highest BCUT2D eigenvalue weighted by Crippen LogP contribution is 2.39. The highest BCUT2D eigenvalue weighted by molar-refractivity contribution is 6.05. The predicted molar refractivity (Wildman–Crippen MR) is 198 cm³/mol. The van der Waals surface area contributed by atoms with E-state index >= 15 is 0 Å². The lowest BCUT2D eigenvalue weighted by atomic mass is 9.83. The summed E-state index contributed by atoms with van der Waals surface area (Å²) in [7, 11) is 0. The molecule has 1 aliphatic carbocycles. The van der Waals surface area contributed by atoms with Gasteiger partial charge in [-0.1, -0.05) is 62.7 Å². The molecule has 1 saturated heterocycles. The monoisotopic (exact) mass is 678 g/mol. The summed E-state index contributed by atoms with van der Waals surface area (Å²) in [5.74, 6) is 2.12. The van der Waals surface area contributed by atoms with Gasteiger partial charge in [-0.3, -0.25) is 9.72 Å². The Hall–Kier alpha value is -4.90. The lowest BCUT2D eigenvalue weighted by molar-refractivity contribution is 0.00638. The number of rotatable bonds is 7. The summed E-state index contributed by atoms with van der Waals surface area (Å²) in [6, 6.07) is 19.2. The van der Waals surface area contributed by atoms with Crippen LogP contribution in [0.3, 0.4) is 0 Å². The lowest BCUT2D eigenvalue weighted by Gasteiger charge is -2.37. The third-order valence-electron chi connectivity index (χ3n) is 9.84. The molecule has 5 N–H and O–H groups in total. The number of hydrogen-bond acceptors (Lipinski definition) is 8. The van der Waals surface area contributed by atoms with Crippen molar-refractivity contribution in [2.24, 2.45) is 22.1 Å². The Morgan fingerprint density at radius 1 is 0.960 bits per heavy atom. The number of anilines is 1. The summed E-state index contributed by atoms with van der Waals surface area (Å²) in [6.45, 7) is 13.5. The number of amides is 2. The first-order valence-electron chi connectivity index (χ1n) is 17.5. The van der Waals surface area contributed by atoms with Gasteiger partial charge in [0.05, 0.1) is 23.5 Å². The molecule has 2 amide bonds. The molecular weight excluding hydrogens is 628 g/mol. The Morgan fingerprint density at radius 3 is 2.34 bits per heavy atom. The van der Waals surface area contributed by atoms with Crippen LogP contribution < -0.4 is 26.0 Å². The van der Waals surface area contributed by atoms with E-state index in [2.05, 4.69) is 31.8 Å². The highest BCUT2D eigenvalue weighted by atomic mass is 16.5. The van der Waals surface area contributed by atoms with Crippen LogP contribution in [0.4, 0.5) is 16.4 Å². The molecule has 6 rings (SSSR count). The smallest absolute Gasteiger partial charge is 0.320 e. The van der Waals surface area contributed by atoms with E-state index in [0.29, 0.717) is 30.1 Å². The average Bonchev–Trinajstić information content (AvgIpc) is 3.49. The van der Waals surface area contributed by atoms with Crippen LogP contribution in [0.5, 0.6) is 5.75 Å². The fourth-order valence-corrected chi connectivity index (χ4v) is 6.65. The molecule has 2 atom stereocenters. The zero-order valence-corrected chi connectivity index (χ0v) is 30.0. The zero-order chi connectivity index (χ0) is 35.6. The van der Waals surface area contributed by atoms with Crippen molar-refractivity contribution < 1.29 is 14.6 Å². The largest absolute Gasteiger partial charge is 0.484 e. The number of aliphatic hydroxyl groups is 1. The van der Waals surface area contributed by atoms with Crippen molar-refractivity contribution in [3.8, 4) is 5.75 Å². The molecule has 4 aromatic rings. The molecule has 264 valence electrons. The lowest BCUT2D eigenvalue weighted by Crippen LogP contribution is -2.42. The van der Waals surface area contributed by atoms with Gasteiger partial charge in [0, 0.05) is 30.3 Å². The first kappa shape index (κ1) is 34.9. The number of ether oxygens (including phenoxy) is 1. The summed E-state index contributed by atoms with van der Waals surface area (Å²) in [4.78, 5) is 20.4. The van der Waals surface area contributed by atoms with Crippen molar-refractivity contribution >= 4 is 29.1 Å². The zero-order valence-electron chi connectivity index (χ0n) is 30.0. The van der Waals surface area contributed by atoms with Crippen LogP contribution in [-0.2, 0) is 0 Å². The predicted octanol–water partition coefficient (Wildman–Crippen LogP) is 6.90. The molecule has 3 heterocycles. The Balaban J connectivity index is 1.16. The summed E-state index contributed by atoms with van der Waals surface area (Å²) < 4.78 is 8.62. The van der Waals surface area contributed by atoms with E-state index < -0.39 is 5.60 Å². The SMILES string of the molecule is Cc1ccc(N=C(/C=C(\N)C(C)(C)C)NC(=O)N[C@H]2CC[C@@H](Oc3ccc4nnc(N5CCC(C(C)(C)O)CC5)n4c3)c3ccccc32)cc1. The Labute approximate surface area is 294 Å². The number of nitrogens with two attached hydrogens (primary N) is 1. The van der Waals surface area contributed by atoms with Gasteiger partial charge in [-0.05, 0) is 87.8 Å². The van der Waals surface area contributed by atoms with Gasteiger partial charge < -0.3 is 25.8 Å². The van der Waals surface area contributed by atoms with Gasteiger partial charge in [0.15, 0.2) is 5.65 Å². The maximum atomic E-state index is 13.5. The topological polar surface area (TPSA) is 142 Å². The van der Waals surface area contributed by atoms with Crippen molar-refractivity contribution in [1.82, 2.24) is 25.2 Å². The van der Waals surface area contributed by atoms with Crippen molar-refractivity contribution in [1.29, 1.82) is 0 Å². The second kappa shape index (κ2) is 14.1. The van der Waals surface area contributed by atoms with Gasteiger partial charge in [0.1, 0.15) is 17.7 Å². The van der Waals surface area contributed by atoms with Crippen molar-refractivity contribution in [3.63, 3.8) is 0 Å². The first-order chi connectivity index (χ1) is 23.7. The van der Waals surface area contributed by atoms with Crippen molar-refractivity contribution in [2.75, 3.05) is 18.0 Å². The number of urea groups is 1. The third kappa shape index (κ3) is 8.10. The fourth-order valence-electron chi connectivity index (χ4n) is 6.65. The summed E-state index contributed by atoms with van der Waals surface area (Å²) in [5.41, 5.74) is 10.7. The van der Waals surface area contributed by atoms with Crippen LogP contribution in [0.15, 0.2) is 83.6 Å². The van der Waals surface area contributed by atoms with Crippen molar-refractivity contribution in [3.05, 3.63) is 95.3 Å². The molecule has 2 aromatic heterocycles. The van der Waals surface area contributed by atoms with E-state index in [4.69, 9.17) is 15.5 Å². The Morgan fingerprint density at radius 2 is 1.66 bits per heavy atom. The third-order valence-corrected chi connectivity index (χ3v) is 9.84. The second-order valence-electron chi connectivity index (χ2n) is 15.2. The van der Waals surface area contributed by atoms with Gasteiger partial charge in [-0.25, -0.2) is 9.79 Å². The van der Waals surface area contributed by atoms with E-state index in [1.165, 1.54) is 0 Å². The number of nitrogens with zero attached hydrogens (tertiary/aromatic N) is 5. The fraction of sp³-hybridized carbons (Fsp3) is 0.436. The van der Waals surface area contributed by atoms with Crippen LogP contribution in [0.1, 0.15) is 89.1 Å². The Bertz CT molecular complexity index is 1880. The van der Waals surface area contributed by atoms with Gasteiger partial charge >= 0.3 is 6.03 Å². The number of amidine groups is 1. The molecule has 1 aliphatic heterocycles. The van der Waals surface area contributed by atoms with Gasteiger partial charge in [-0.2, -0.15) is 0 Å². The number of hydrogen-bond donors (Lipinski definition) is 4. The molecule has 2 aromatic carbocycles. The number of aromatic nitrogens is 3. The van der Waals surface area contributed by atoms with Gasteiger partial charge in [0.25, 0.3) is 0 Å². The molecule has 0 spiro atoms. The second-order valence-corrected chi connectivity index (χ2v) is 15.2. The number of aryl methyl sites for hydroxylation is 1. The quantitative estimate of drug-likeness (QED) is 0.123. The average molecular weight is 679 g/mol. The standard InChI is InChI=1S/C39H50N8O3/c1-25-11-13-27(14-12-25)41-34(23-33(40)38(2,3)4)43-36(48)42-31-16-17-32(30-10-8-7-9-29(30)31)50-28-15-18-35-44-45-37(47(35)24-28)46-21-19-26(20-22-46)39(5,6)49/h7-15,18,23-24,26,31-32,49H,16-17,19-22,40H2,1-6H3,(H2,41,42,43,48)/b33-23-/t31-,32+/m0/s1. The number of benzene rings is 2. The number of allylic oxidation sites excluding steroid dienone is 1. The molecular formula is C39H50N8O3. The van der Waals surface area contributed by atoms with E-state index in [1.807, 2.05) is 107 Å². The van der Waals surface area contributed by atoms with Crippen molar-refractivity contribution in [2.45, 2.75) is 85.0 Å². The van der Waals surface area contributed by atoms with Crippen LogP contribution in [0.25, 0.3) is 5.65 Å². The van der Waals surface area contributed by atoms with Crippen LogP contribution >= 0.6 is 0 Å². The first-order valence-corrected chi connectivity index (χ1v) is 17.5. The molecule has 0 unspecified atom stereocenters. The highest BCUT2D eigenvalue weighted by Gasteiger charge is 2.32. The van der Waals surface area contributed by atoms with E-state index in [1.54, 1.807) is 6.08 Å². The summed E-state index contributed by atoms with van der Waals surface area (Å²) >= 11 is 0. The molecule has 0 bridgehead atoms. The molecule has 11 heteroatoms. The van der Waals surface area contributed by atoms with Gasteiger partial charge in [0.2, 0.25) is 5.95 Å². The summed E-state index contributed by atoms with van der Waals surface area (Å²) in [5, 5.41) is 25.5. The molecule has 11 nitrogen and oxygen atoms in total. The molecule has 0 saturated carbocycles. The van der Waals surface area contributed by atoms with Crippen LogP contribution in [-0.4, -0.2) is 50.3 Å². The van der Waals surface area contributed by atoms with E-state index in [9.17, 15) is 9.90 Å². The van der Waals surface area contributed by atoms with E-state index in [-0.39, 0.29) is 29.5 Å². The minimum absolute atomic E-state index is 0.194. The Kier molecular flexibility index (Phi) is 9.89. The number of fused-ring (bicyclic) bond motifs is 2. The normalized spacial score (nSPS) is 19.3. The van der Waals surface area contributed by atoms with Crippen LogP contribution in [0, 0.1) is 18.3 Å². The number of aliphatic imine (C=N–C) groups is 1. The number of carbonyl (C=O) groups is 1. The maximum Gasteiger partial charge on any atom is 0.320 e. The summed E-state index contributed by atoms with van der Waals surface area (Å²) in [6.07, 6.45) is 6.68. The minimum atomic E-state index is -0.689. The van der Waals surface area contributed by atoms with E-state index in [0.717, 1.165) is 59.9 Å². The molecule has 0 radical (unpaired) electrons. The number of nitrogens with one attached hydrogen (secondary N) is 2. The maximum absolute atomic E-state index is 13.5. The number of piperidine rings is 1. The molecule has 1 fully saturated rings. The van der Waals surface area contributed by atoms with Gasteiger partial charge in [-0.15, -0.1) is 10.2 Å².